The Morgan fingerprint density at radius 3 is 2.18 bits per heavy atom. The van der Waals surface area contributed by atoms with Crippen LogP contribution in [0.3, 0.4) is 0 Å². The summed E-state index contributed by atoms with van der Waals surface area (Å²) in [5.41, 5.74) is 4.42. The summed E-state index contributed by atoms with van der Waals surface area (Å²) in [7, 11) is 7.55. The molecule has 0 unspecified atom stereocenters. The molecule has 5 heteroatoms. The Labute approximate surface area is 133 Å². The van der Waals surface area contributed by atoms with Crippen molar-refractivity contribution in [1.82, 2.24) is 14.8 Å². The van der Waals surface area contributed by atoms with E-state index in [1.54, 1.807) is 7.05 Å². The van der Waals surface area contributed by atoms with Crippen LogP contribution in [-0.2, 0) is 4.79 Å². The van der Waals surface area contributed by atoms with Crippen LogP contribution in [-0.4, -0.2) is 54.7 Å². The van der Waals surface area contributed by atoms with Crippen molar-refractivity contribution in [2.45, 2.75) is 27.7 Å². The molecule has 0 saturated carbocycles. The summed E-state index contributed by atoms with van der Waals surface area (Å²) in [6, 6.07) is 0. The molecule has 0 saturated heterocycles. The van der Waals surface area contributed by atoms with Crippen molar-refractivity contribution in [3.63, 3.8) is 0 Å². The first-order chi connectivity index (χ1) is 10.1. The van der Waals surface area contributed by atoms with Crippen molar-refractivity contribution in [2.24, 2.45) is 10.5 Å². The summed E-state index contributed by atoms with van der Waals surface area (Å²) in [4.78, 5) is 16.3. The van der Waals surface area contributed by atoms with Gasteiger partial charge in [-0.15, -0.1) is 0 Å². The minimum atomic E-state index is -0.0691. The van der Waals surface area contributed by atoms with Gasteiger partial charge in [0, 0.05) is 45.0 Å². The number of hydrazone groups is 1. The van der Waals surface area contributed by atoms with Crippen molar-refractivity contribution >= 4 is 11.7 Å². The molecule has 5 nitrogen and oxygen atoms in total. The van der Waals surface area contributed by atoms with Gasteiger partial charge in [0.15, 0.2) is 5.84 Å². The number of carbonyl (C=O) groups excluding carboxylic acids is 1. The Morgan fingerprint density at radius 1 is 1.14 bits per heavy atom. The van der Waals surface area contributed by atoms with Crippen LogP contribution in [0.1, 0.15) is 27.7 Å². The van der Waals surface area contributed by atoms with E-state index in [-0.39, 0.29) is 11.3 Å². The number of amides is 1. The summed E-state index contributed by atoms with van der Waals surface area (Å²) in [6.45, 7) is 8.72. The van der Waals surface area contributed by atoms with Gasteiger partial charge in [0.2, 0.25) is 0 Å². The Balaban J connectivity index is 2.43. The van der Waals surface area contributed by atoms with Crippen LogP contribution in [0.25, 0.3) is 0 Å². The summed E-state index contributed by atoms with van der Waals surface area (Å²) >= 11 is 0. The molecule has 0 aromatic rings. The molecular formula is C17H26N4O. The molecule has 120 valence electrons. The second kappa shape index (κ2) is 5.30. The molecular weight excluding hydrogens is 276 g/mol. The molecule has 0 N–H and O–H groups in total. The number of hydrogen-bond donors (Lipinski definition) is 0. The highest BCUT2D eigenvalue weighted by atomic mass is 16.2. The number of nitrogens with zero attached hydrogens (tertiary/aromatic N) is 4. The van der Waals surface area contributed by atoms with Crippen molar-refractivity contribution in [2.75, 3.05) is 28.2 Å². The smallest absolute Gasteiger partial charge is 0.277 e. The summed E-state index contributed by atoms with van der Waals surface area (Å²) in [6.07, 6.45) is 3.94. The lowest BCUT2D eigenvalue weighted by Crippen LogP contribution is -2.24. The zero-order valence-corrected chi connectivity index (χ0v) is 14.9. The van der Waals surface area contributed by atoms with Gasteiger partial charge in [-0.25, -0.2) is 5.01 Å². The van der Waals surface area contributed by atoms with E-state index in [1.807, 2.05) is 31.1 Å². The molecule has 0 radical (unpaired) electrons. The van der Waals surface area contributed by atoms with Crippen molar-refractivity contribution in [3.05, 3.63) is 34.7 Å². The highest BCUT2D eigenvalue weighted by molar-refractivity contribution is 6.23. The molecule has 0 bridgehead atoms. The minimum absolute atomic E-state index is 0.0289. The van der Waals surface area contributed by atoms with Crippen LogP contribution in [0, 0.1) is 5.41 Å². The van der Waals surface area contributed by atoms with Crippen LogP contribution in [0.5, 0.6) is 0 Å². The van der Waals surface area contributed by atoms with E-state index in [9.17, 15) is 4.79 Å². The lowest BCUT2D eigenvalue weighted by atomic mass is 9.83. The Hall–Kier alpha value is -2.04. The van der Waals surface area contributed by atoms with Gasteiger partial charge in [0.05, 0.1) is 5.57 Å². The molecule has 0 aromatic heterocycles. The maximum atomic E-state index is 12.3. The molecule has 2 aliphatic heterocycles. The molecule has 0 fully saturated rings. The van der Waals surface area contributed by atoms with Gasteiger partial charge in [-0.2, -0.15) is 5.10 Å². The molecule has 1 amide bonds. The van der Waals surface area contributed by atoms with E-state index in [1.165, 1.54) is 22.0 Å². The van der Waals surface area contributed by atoms with Gasteiger partial charge in [-0.1, -0.05) is 13.8 Å². The maximum absolute atomic E-state index is 12.3. The number of amidine groups is 1. The largest absolute Gasteiger partial charge is 0.361 e. The normalized spacial score (nSPS) is 24.9. The summed E-state index contributed by atoms with van der Waals surface area (Å²) in [5, 5.41) is 5.67. The first-order valence-corrected chi connectivity index (χ1v) is 7.47. The van der Waals surface area contributed by atoms with Crippen LogP contribution in [0.15, 0.2) is 39.8 Å². The predicted octanol–water partition coefficient (Wildman–Crippen LogP) is 2.41. The Kier molecular flexibility index (Phi) is 3.94. The number of allylic oxidation sites excluding steroid dienone is 4. The molecule has 0 aliphatic carbocycles. The first-order valence-electron chi connectivity index (χ1n) is 7.47. The average Bonchev–Trinajstić information content (AvgIpc) is 2.79. The zero-order chi connectivity index (χ0) is 16.8. The fourth-order valence-electron chi connectivity index (χ4n) is 2.97. The standard InChI is InChI=1S/C17H26N4O/c1-11-12(2)20(7)14(17(11,3)4)10-9-13-15(19(5)6)18-21(8)16(13)22/h9-10H,1-8H3/b13-9+,14-10-. The molecule has 0 aromatic carbocycles. The monoisotopic (exact) mass is 302 g/mol. The predicted molar refractivity (Wildman–Crippen MR) is 90.0 cm³/mol. The molecule has 22 heavy (non-hydrogen) atoms. The molecule has 2 aliphatic rings. The lowest BCUT2D eigenvalue weighted by molar-refractivity contribution is -0.124. The molecule has 2 rings (SSSR count). The summed E-state index contributed by atoms with van der Waals surface area (Å²) < 4.78 is 0. The van der Waals surface area contributed by atoms with Gasteiger partial charge in [-0.05, 0) is 31.6 Å². The van der Waals surface area contributed by atoms with Crippen LogP contribution >= 0.6 is 0 Å². The molecule has 0 spiro atoms. The van der Waals surface area contributed by atoms with Gasteiger partial charge in [0.25, 0.3) is 5.91 Å². The third kappa shape index (κ3) is 2.34. The Morgan fingerprint density at radius 2 is 1.73 bits per heavy atom. The highest BCUT2D eigenvalue weighted by Crippen LogP contribution is 2.45. The van der Waals surface area contributed by atoms with Crippen LogP contribution < -0.4 is 0 Å². The number of carbonyl (C=O) groups is 1. The van der Waals surface area contributed by atoms with Crippen molar-refractivity contribution < 1.29 is 4.79 Å². The molecule has 0 atom stereocenters. The van der Waals surface area contributed by atoms with Gasteiger partial charge in [-0.3, -0.25) is 4.79 Å². The highest BCUT2D eigenvalue weighted by Gasteiger charge is 2.36. The number of hydrogen-bond acceptors (Lipinski definition) is 4. The fourth-order valence-corrected chi connectivity index (χ4v) is 2.97. The maximum Gasteiger partial charge on any atom is 0.277 e. The second-order valence-electron chi connectivity index (χ2n) is 6.67. The number of likely N-dealkylation sites (N-methyl/N-ethyl adjacent to an activating group) is 2. The third-order valence-electron chi connectivity index (χ3n) is 4.83. The quantitative estimate of drug-likeness (QED) is 0.698. The topological polar surface area (TPSA) is 39.2 Å². The SMILES string of the molecule is CC1=C(C)C(C)(C)/C(=C/C=C2/C(=O)N(C)N=C2N(C)C)N1C. The molecule has 2 heterocycles. The first kappa shape index (κ1) is 16.3. The van der Waals surface area contributed by atoms with Crippen LogP contribution in [0.2, 0.25) is 0 Å². The van der Waals surface area contributed by atoms with E-state index >= 15 is 0 Å². The number of rotatable bonds is 1. The average molecular weight is 302 g/mol. The van der Waals surface area contributed by atoms with Crippen molar-refractivity contribution in [3.8, 4) is 0 Å². The van der Waals surface area contributed by atoms with Crippen molar-refractivity contribution in [1.29, 1.82) is 0 Å². The van der Waals surface area contributed by atoms with E-state index in [0.29, 0.717) is 11.4 Å². The van der Waals surface area contributed by atoms with E-state index < -0.39 is 0 Å². The van der Waals surface area contributed by atoms with E-state index in [0.717, 1.165) is 0 Å². The van der Waals surface area contributed by atoms with Gasteiger partial charge in [0.1, 0.15) is 0 Å². The van der Waals surface area contributed by atoms with E-state index in [4.69, 9.17) is 0 Å². The van der Waals surface area contributed by atoms with E-state index in [2.05, 4.69) is 44.7 Å². The van der Waals surface area contributed by atoms with Gasteiger partial charge >= 0.3 is 0 Å². The second-order valence-corrected chi connectivity index (χ2v) is 6.67. The van der Waals surface area contributed by atoms with Gasteiger partial charge < -0.3 is 9.80 Å². The lowest BCUT2D eigenvalue weighted by Gasteiger charge is -2.25. The third-order valence-corrected chi connectivity index (χ3v) is 4.83. The minimum Gasteiger partial charge on any atom is -0.361 e. The fraction of sp³-hybridized carbons (Fsp3) is 0.529. The summed E-state index contributed by atoms with van der Waals surface area (Å²) in [5.74, 6) is 0.629. The Bertz CT molecular complexity index is 635. The van der Waals surface area contributed by atoms with Crippen LogP contribution in [0.4, 0.5) is 0 Å². The zero-order valence-electron chi connectivity index (χ0n) is 14.9.